The molecule has 0 aliphatic heterocycles. The van der Waals surface area contributed by atoms with Gasteiger partial charge in [0.25, 0.3) is 0 Å². The third-order valence-corrected chi connectivity index (χ3v) is 1.88. The van der Waals surface area contributed by atoms with Crippen molar-refractivity contribution in [3.8, 4) is 5.75 Å². The first kappa shape index (κ1) is 20.4. The average molecular weight is 291 g/mol. The molecular weight excluding hydrogens is 270 g/mol. The summed E-state index contributed by atoms with van der Waals surface area (Å²) in [6.07, 6.45) is 2.42. The minimum Gasteiger partial charge on any atom is -0.508 e. The van der Waals surface area contributed by atoms with Gasteiger partial charge in [-0.2, -0.15) is 4.98 Å². The summed E-state index contributed by atoms with van der Waals surface area (Å²) in [4.78, 5) is 11.4. The highest BCUT2D eigenvalue weighted by Gasteiger charge is 1.93. The SMILES string of the molecule is C.CCCNc1ncnc(N)n1.N#N.Oc1ccccc1. The number of phenols is 1. The van der Waals surface area contributed by atoms with Crippen molar-refractivity contribution in [2.45, 2.75) is 20.8 Å². The van der Waals surface area contributed by atoms with Crippen LogP contribution in [0, 0.1) is 10.8 Å². The van der Waals surface area contributed by atoms with Crippen LogP contribution in [0.4, 0.5) is 11.9 Å². The summed E-state index contributed by atoms with van der Waals surface area (Å²) in [7, 11) is 0. The van der Waals surface area contributed by atoms with E-state index in [1.165, 1.54) is 6.33 Å². The van der Waals surface area contributed by atoms with Crippen molar-refractivity contribution in [3.63, 3.8) is 0 Å². The van der Waals surface area contributed by atoms with Crippen LogP contribution < -0.4 is 11.1 Å². The Morgan fingerprint density at radius 2 is 1.81 bits per heavy atom. The topological polar surface area (TPSA) is 145 Å². The van der Waals surface area contributed by atoms with Crippen molar-refractivity contribution in [3.05, 3.63) is 36.7 Å². The Balaban J connectivity index is 0. The molecule has 1 aromatic heterocycles. The lowest BCUT2D eigenvalue weighted by molar-refractivity contribution is 0.475. The summed E-state index contributed by atoms with van der Waals surface area (Å²) in [5, 5.41) is 23.6. The molecule has 0 fully saturated rings. The van der Waals surface area contributed by atoms with E-state index in [9.17, 15) is 0 Å². The van der Waals surface area contributed by atoms with Gasteiger partial charge in [0, 0.05) is 17.3 Å². The zero-order valence-corrected chi connectivity index (χ0v) is 11.1. The summed E-state index contributed by atoms with van der Waals surface area (Å²) in [5.41, 5.74) is 5.33. The van der Waals surface area contributed by atoms with Gasteiger partial charge >= 0.3 is 0 Å². The number of aromatic hydroxyl groups is 1. The molecule has 0 radical (unpaired) electrons. The molecule has 0 amide bonds. The average Bonchev–Trinajstić information content (AvgIpc) is 2.49. The monoisotopic (exact) mass is 291 g/mol. The number of aromatic nitrogens is 3. The van der Waals surface area contributed by atoms with E-state index in [-0.39, 0.29) is 13.4 Å². The Morgan fingerprint density at radius 3 is 2.24 bits per heavy atom. The van der Waals surface area contributed by atoms with Crippen molar-refractivity contribution in [1.82, 2.24) is 15.0 Å². The standard InChI is InChI=1S/C6H11N5.C6H6O.CH4.N2/c1-2-3-8-6-10-4-9-5(7)11-6;7-6-4-2-1-3-5-6;;1-2/h4H,2-3H2,1H3,(H3,7,8,9,10,11);1-5,7H;1H4;. The maximum absolute atomic E-state index is 8.63. The van der Waals surface area contributed by atoms with Crippen LogP contribution >= 0.6 is 0 Å². The van der Waals surface area contributed by atoms with E-state index >= 15 is 0 Å². The van der Waals surface area contributed by atoms with Gasteiger partial charge in [0.2, 0.25) is 11.9 Å². The lowest BCUT2D eigenvalue weighted by Crippen LogP contribution is -2.06. The second kappa shape index (κ2) is 13.5. The van der Waals surface area contributed by atoms with Gasteiger partial charge in [-0.3, -0.25) is 0 Å². The number of nitrogen functional groups attached to an aromatic ring is 1. The molecule has 1 aromatic carbocycles. The molecule has 0 aliphatic rings. The Bertz CT molecular complexity index is 490. The lowest BCUT2D eigenvalue weighted by Gasteiger charge is -2.00. The number of rotatable bonds is 3. The largest absolute Gasteiger partial charge is 0.508 e. The Kier molecular flexibility index (Phi) is 13.1. The van der Waals surface area contributed by atoms with Gasteiger partial charge in [-0.05, 0) is 18.6 Å². The van der Waals surface area contributed by atoms with E-state index in [0.717, 1.165) is 13.0 Å². The van der Waals surface area contributed by atoms with E-state index in [2.05, 4.69) is 27.2 Å². The number of phenolic OH excluding ortho intramolecular Hbond substituents is 1. The molecule has 4 N–H and O–H groups in total. The predicted molar refractivity (Wildman–Crippen MR) is 81.3 cm³/mol. The van der Waals surface area contributed by atoms with Crippen LogP contribution in [0.2, 0.25) is 0 Å². The highest BCUT2D eigenvalue weighted by molar-refractivity contribution is 5.28. The summed E-state index contributed by atoms with van der Waals surface area (Å²) in [6.45, 7) is 2.92. The minimum absolute atomic E-state index is 0. The van der Waals surface area contributed by atoms with E-state index < -0.39 is 0 Å². The Morgan fingerprint density at radius 1 is 1.19 bits per heavy atom. The second-order valence-electron chi connectivity index (χ2n) is 3.43. The molecule has 0 aliphatic carbocycles. The molecule has 114 valence electrons. The zero-order valence-electron chi connectivity index (χ0n) is 11.1. The van der Waals surface area contributed by atoms with Crippen LogP contribution in [-0.2, 0) is 0 Å². The number of nitrogens with zero attached hydrogens (tertiary/aromatic N) is 5. The molecule has 0 saturated carbocycles. The highest BCUT2D eigenvalue weighted by Crippen LogP contribution is 2.02. The fourth-order valence-electron chi connectivity index (χ4n) is 1.06. The predicted octanol–water partition coefficient (Wildman–Crippen LogP) is 2.33. The summed E-state index contributed by atoms with van der Waals surface area (Å²) in [6, 6.07) is 8.71. The minimum atomic E-state index is 0. The first-order valence-electron chi connectivity index (χ1n) is 5.84. The van der Waals surface area contributed by atoms with Gasteiger partial charge in [-0.15, -0.1) is 0 Å². The van der Waals surface area contributed by atoms with Crippen molar-refractivity contribution >= 4 is 11.9 Å². The number of para-hydroxylation sites is 1. The lowest BCUT2D eigenvalue weighted by atomic mass is 10.3. The number of nitrogens with two attached hydrogens (primary N) is 1. The molecule has 8 heteroatoms. The molecule has 1 heterocycles. The highest BCUT2D eigenvalue weighted by atomic mass is 16.3. The van der Waals surface area contributed by atoms with Crippen molar-refractivity contribution < 1.29 is 5.11 Å². The fraction of sp³-hybridized carbons (Fsp3) is 0.308. The third-order valence-electron chi connectivity index (χ3n) is 1.88. The summed E-state index contributed by atoms with van der Waals surface area (Å²) < 4.78 is 0. The number of anilines is 2. The molecule has 0 atom stereocenters. The van der Waals surface area contributed by atoms with Crippen LogP contribution in [0.3, 0.4) is 0 Å². The van der Waals surface area contributed by atoms with Crippen LogP contribution in [0.15, 0.2) is 36.7 Å². The summed E-state index contributed by atoms with van der Waals surface area (Å²) >= 11 is 0. The number of hydrogen-bond donors (Lipinski definition) is 3. The first-order chi connectivity index (χ1) is 9.72. The zero-order chi connectivity index (χ0) is 15.2. The van der Waals surface area contributed by atoms with Gasteiger partial charge in [0.05, 0.1) is 0 Å². The van der Waals surface area contributed by atoms with Crippen molar-refractivity contribution in [2.75, 3.05) is 17.6 Å². The molecule has 0 saturated heterocycles. The van der Waals surface area contributed by atoms with E-state index in [4.69, 9.17) is 21.6 Å². The van der Waals surface area contributed by atoms with Crippen LogP contribution in [-0.4, -0.2) is 26.6 Å². The fourth-order valence-corrected chi connectivity index (χ4v) is 1.06. The molecule has 8 nitrogen and oxygen atoms in total. The van der Waals surface area contributed by atoms with E-state index in [0.29, 0.717) is 11.7 Å². The smallest absolute Gasteiger partial charge is 0.227 e. The second-order valence-corrected chi connectivity index (χ2v) is 3.43. The Labute approximate surface area is 124 Å². The number of nitrogens with one attached hydrogen (secondary N) is 1. The van der Waals surface area contributed by atoms with Gasteiger partial charge in [-0.25, -0.2) is 9.97 Å². The van der Waals surface area contributed by atoms with E-state index in [1.54, 1.807) is 24.3 Å². The Hall–Kier alpha value is -2.95. The molecule has 0 spiro atoms. The molecule has 21 heavy (non-hydrogen) atoms. The summed E-state index contributed by atoms with van der Waals surface area (Å²) in [5.74, 6) is 1.11. The maximum atomic E-state index is 8.63. The van der Waals surface area contributed by atoms with Gasteiger partial charge < -0.3 is 16.2 Å². The van der Waals surface area contributed by atoms with Crippen LogP contribution in [0.1, 0.15) is 20.8 Å². The normalized spacial score (nSPS) is 7.95. The third kappa shape index (κ3) is 10.6. The van der Waals surface area contributed by atoms with Gasteiger partial charge in [0.15, 0.2) is 0 Å². The molecule has 2 rings (SSSR count). The van der Waals surface area contributed by atoms with Crippen molar-refractivity contribution in [1.29, 1.82) is 10.8 Å². The first-order valence-corrected chi connectivity index (χ1v) is 5.84. The molecule has 0 unspecified atom stereocenters. The van der Waals surface area contributed by atoms with Crippen molar-refractivity contribution in [2.24, 2.45) is 0 Å². The molecular formula is C13H21N7O. The molecule has 2 aromatic rings. The van der Waals surface area contributed by atoms with Gasteiger partial charge in [0.1, 0.15) is 12.1 Å². The molecule has 0 bridgehead atoms. The maximum Gasteiger partial charge on any atom is 0.227 e. The van der Waals surface area contributed by atoms with E-state index in [1.807, 2.05) is 6.07 Å². The van der Waals surface area contributed by atoms with Gasteiger partial charge in [-0.1, -0.05) is 32.5 Å². The number of benzene rings is 1. The van der Waals surface area contributed by atoms with Crippen LogP contribution in [0.25, 0.3) is 0 Å². The number of hydrogen-bond acceptors (Lipinski definition) is 8. The quantitative estimate of drug-likeness (QED) is 0.730. The van der Waals surface area contributed by atoms with Crippen LogP contribution in [0.5, 0.6) is 5.75 Å².